The molecular weight excluding hydrogens is 228 g/mol. The zero-order valence-electron chi connectivity index (χ0n) is 7.54. The third-order valence-corrected chi connectivity index (χ3v) is 3.14. The number of nitrogens with one attached hydrogen (secondary N) is 1. The Balaban J connectivity index is 2.09. The molecular formula is C9H6N4S2. The van der Waals surface area contributed by atoms with Crippen molar-refractivity contribution < 1.29 is 0 Å². The molecule has 0 spiro atoms. The van der Waals surface area contributed by atoms with Gasteiger partial charge in [-0.2, -0.15) is 5.26 Å². The lowest BCUT2D eigenvalue weighted by molar-refractivity contribution is 1.28. The average molecular weight is 234 g/mol. The Morgan fingerprint density at radius 2 is 2.33 bits per heavy atom. The summed E-state index contributed by atoms with van der Waals surface area (Å²) in [4.78, 5) is 8.24. The summed E-state index contributed by atoms with van der Waals surface area (Å²) < 4.78 is 0.871. The predicted octanol–water partition coefficient (Wildman–Crippen LogP) is 2.85. The van der Waals surface area contributed by atoms with E-state index in [2.05, 4.69) is 15.3 Å². The standard InChI is InChI=1S/C9H6N4S2/c10-6-14-8-5-12-9(15-8)13-7-3-1-2-4-11-7/h1-5H,(H,11,12,13). The van der Waals surface area contributed by atoms with Crippen LogP contribution < -0.4 is 5.32 Å². The van der Waals surface area contributed by atoms with Crippen molar-refractivity contribution in [3.05, 3.63) is 30.6 Å². The van der Waals surface area contributed by atoms with Gasteiger partial charge in [-0.1, -0.05) is 17.4 Å². The maximum Gasteiger partial charge on any atom is 0.189 e. The third-order valence-electron chi connectivity index (χ3n) is 1.53. The number of nitriles is 1. The van der Waals surface area contributed by atoms with E-state index in [0.717, 1.165) is 26.9 Å². The topological polar surface area (TPSA) is 61.6 Å². The quantitative estimate of drug-likeness (QED) is 0.653. The molecule has 0 bridgehead atoms. The molecule has 2 aromatic heterocycles. The molecule has 0 aliphatic carbocycles. The second-order valence-electron chi connectivity index (χ2n) is 2.52. The fraction of sp³-hybridized carbons (Fsp3) is 0. The Hall–Kier alpha value is -1.58. The Bertz CT molecular complexity index is 474. The van der Waals surface area contributed by atoms with Crippen LogP contribution in [0.3, 0.4) is 0 Å². The predicted molar refractivity (Wildman–Crippen MR) is 61.1 cm³/mol. The Kier molecular flexibility index (Phi) is 3.17. The molecule has 2 heterocycles. The van der Waals surface area contributed by atoms with Gasteiger partial charge >= 0.3 is 0 Å². The smallest absolute Gasteiger partial charge is 0.189 e. The minimum atomic E-state index is 0.742. The fourth-order valence-corrected chi connectivity index (χ4v) is 2.22. The van der Waals surface area contributed by atoms with E-state index in [4.69, 9.17) is 5.26 Å². The summed E-state index contributed by atoms with van der Waals surface area (Å²) in [5.74, 6) is 0.750. The van der Waals surface area contributed by atoms with Crippen molar-refractivity contribution in [3.63, 3.8) is 0 Å². The molecule has 2 aromatic rings. The summed E-state index contributed by atoms with van der Waals surface area (Å²) in [5.41, 5.74) is 0. The second kappa shape index (κ2) is 4.77. The SMILES string of the molecule is N#CSc1cnc(Nc2ccccn2)s1. The van der Waals surface area contributed by atoms with Gasteiger partial charge in [0, 0.05) is 18.0 Å². The number of nitrogens with zero attached hydrogens (tertiary/aromatic N) is 3. The van der Waals surface area contributed by atoms with Crippen molar-refractivity contribution in [2.45, 2.75) is 4.21 Å². The molecule has 0 amide bonds. The van der Waals surface area contributed by atoms with Crippen LogP contribution in [0.15, 0.2) is 34.8 Å². The van der Waals surface area contributed by atoms with Gasteiger partial charge in [0.15, 0.2) is 5.13 Å². The molecule has 0 unspecified atom stereocenters. The van der Waals surface area contributed by atoms with Crippen molar-refractivity contribution >= 4 is 34.0 Å². The van der Waals surface area contributed by atoms with Gasteiger partial charge in [0.1, 0.15) is 11.2 Å². The molecule has 0 aromatic carbocycles. The van der Waals surface area contributed by atoms with Crippen LogP contribution in [-0.4, -0.2) is 9.97 Å². The summed E-state index contributed by atoms with van der Waals surface area (Å²) in [5, 5.41) is 14.3. The molecule has 0 aliphatic rings. The molecule has 6 heteroatoms. The molecule has 0 fully saturated rings. The first-order chi connectivity index (χ1) is 7.38. The number of thiocyanates is 1. The molecule has 1 N–H and O–H groups in total. The lowest BCUT2D eigenvalue weighted by Gasteiger charge is -1.98. The van der Waals surface area contributed by atoms with Gasteiger partial charge in [-0.25, -0.2) is 9.97 Å². The molecule has 0 atom stereocenters. The molecule has 2 rings (SSSR count). The molecule has 15 heavy (non-hydrogen) atoms. The molecule has 0 radical (unpaired) electrons. The molecule has 0 saturated carbocycles. The van der Waals surface area contributed by atoms with E-state index in [9.17, 15) is 0 Å². The van der Waals surface area contributed by atoms with Crippen LogP contribution in [0.1, 0.15) is 0 Å². The highest BCUT2D eigenvalue weighted by Gasteiger charge is 2.02. The van der Waals surface area contributed by atoms with E-state index in [-0.39, 0.29) is 0 Å². The van der Waals surface area contributed by atoms with Gasteiger partial charge in [0.05, 0.1) is 10.4 Å². The van der Waals surface area contributed by atoms with Crippen molar-refractivity contribution in [1.82, 2.24) is 9.97 Å². The van der Waals surface area contributed by atoms with E-state index in [1.165, 1.54) is 11.3 Å². The van der Waals surface area contributed by atoms with E-state index in [1.807, 2.05) is 23.6 Å². The van der Waals surface area contributed by atoms with E-state index in [1.54, 1.807) is 12.4 Å². The number of anilines is 2. The van der Waals surface area contributed by atoms with Crippen LogP contribution >= 0.6 is 23.1 Å². The Morgan fingerprint density at radius 3 is 3.07 bits per heavy atom. The number of aromatic nitrogens is 2. The Labute approximate surface area is 95.0 Å². The Morgan fingerprint density at radius 1 is 1.40 bits per heavy atom. The first kappa shape index (κ1) is 9.96. The van der Waals surface area contributed by atoms with Gasteiger partial charge in [0.25, 0.3) is 0 Å². The van der Waals surface area contributed by atoms with E-state index in [0.29, 0.717) is 0 Å². The third kappa shape index (κ3) is 2.68. The van der Waals surface area contributed by atoms with Crippen molar-refractivity contribution in [1.29, 1.82) is 5.26 Å². The monoisotopic (exact) mass is 234 g/mol. The van der Waals surface area contributed by atoms with Crippen LogP contribution in [-0.2, 0) is 0 Å². The van der Waals surface area contributed by atoms with Crippen LogP contribution in [0, 0.1) is 10.7 Å². The van der Waals surface area contributed by atoms with Gasteiger partial charge in [0.2, 0.25) is 0 Å². The highest BCUT2D eigenvalue weighted by molar-refractivity contribution is 8.05. The maximum atomic E-state index is 8.48. The minimum absolute atomic E-state index is 0.742. The lowest BCUT2D eigenvalue weighted by atomic mass is 10.5. The number of rotatable bonds is 3. The summed E-state index contributed by atoms with van der Waals surface area (Å²) in [6, 6.07) is 5.61. The zero-order valence-corrected chi connectivity index (χ0v) is 9.18. The number of hydrogen-bond donors (Lipinski definition) is 1. The normalized spacial score (nSPS) is 9.53. The molecule has 74 valence electrons. The molecule has 0 saturated heterocycles. The number of thiazole rings is 1. The highest BCUT2D eigenvalue weighted by atomic mass is 32.2. The van der Waals surface area contributed by atoms with Crippen molar-refractivity contribution in [2.24, 2.45) is 0 Å². The van der Waals surface area contributed by atoms with Crippen molar-refractivity contribution in [3.8, 4) is 5.40 Å². The van der Waals surface area contributed by atoms with Crippen LogP contribution in [0.2, 0.25) is 0 Å². The van der Waals surface area contributed by atoms with E-state index < -0.39 is 0 Å². The number of pyridine rings is 1. The largest absolute Gasteiger partial charge is 0.316 e. The second-order valence-corrected chi connectivity index (χ2v) is 4.63. The van der Waals surface area contributed by atoms with Crippen molar-refractivity contribution in [2.75, 3.05) is 5.32 Å². The molecule has 4 nitrogen and oxygen atoms in total. The molecule has 0 aliphatic heterocycles. The number of thioether (sulfide) groups is 1. The van der Waals surface area contributed by atoms with Crippen LogP contribution in [0.4, 0.5) is 10.9 Å². The minimum Gasteiger partial charge on any atom is -0.316 e. The first-order valence-electron chi connectivity index (χ1n) is 4.08. The van der Waals surface area contributed by atoms with E-state index >= 15 is 0 Å². The van der Waals surface area contributed by atoms with Gasteiger partial charge in [-0.3, -0.25) is 0 Å². The van der Waals surface area contributed by atoms with Crippen LogP contribution in [0.5, 0.6) is 0 Å². The average Bonchev–Trinajstić information content (AvgIpc) is 2.68. The van der Waals surface area contributed by atoms with Gasteiger partial charge in [-0.05, 0) is 12.1 Å². The van der Waals surface area contributed by atoms with Gasteiger partial charge < -0.3 is 5.32 Å². The number of hydrogen-bond acceptors (Lipinski definition) is 6. The summed E-state index contributed by atoms with van der Waals surface area (Å²) in [6.45, 7) is 0. The maximum absolute atomic E-state index is 8.48. The lowest BCUT2D eigenvalue weighted by Crippen LogP contribution is -1.90. The van der Waals surface area contributed by atoms with Crippen LogP contribution in [0.25, 0.3) is 0 Å². The fourth-order valence-electron chi connectivity index (χ4n) is 0.956. The summed E-state index contributed by atoms with van der Waals surface area (Å²) in [7, 11) is 0. The zero-order chi connectivity index (χ0) is 10.5. The van der Waals surface area contributed by atoms with Gasteiger partial charge in [-0.15, -0.1) is 0 Å². The summed E-state index contributed by atoms with van der Waals surface area (Å²) >= 11 is 2.54. The first-order valence-corrected chi connectivity index (χ1v) is 5.71. The highest BCUT2D eigenvalue weighted by Crippen LogP contribution is 2.28. The summed E-state index contributed by atoms with van der Waals surface area (Å²) in [6.07, 6.45) is 3.38.